The normalized spacial score (nSPS) is 11.0. The number of rotatable bonds is 9. The number of nitrogens with one attached hydrogen (secondary N) is 1. The van der Waals surface area contributed by atoms with Crippen molar-refractivity contribution in [3.05, 3.63) is 144 Å². The third-order valence-electron chi connectivity index (χ3n) is 5.90. The Morgan fingerprint density at radius 2 is 1.51 bits per heavy atom. The van der Waals surface area contributed by atoms with Crippen LogP contribution in [0.25, 0.3) is 10.8 Å². The molecule has 0 bridgehead atoms. The van der Waals surface area contributed by atoms with E-state index in [2.05, 4.69) is 46.9 Å². The van der Waals surface area contributed by atoms with Crippen molar-refractivity contribution < 1.29 is 9.53 Å². The molecule has 5 aromatic rings. The number of benzene rings is 5. The van der Waals surface area contributed by atoms with Gasteiger partial charge < -0.3 is 4.74 Å². The first-order valence-corrected chi connectivity index (χ1v) is 13.0. The molecule has 0 aliphatic rings. The van der Waals surface area contributed by atoms with Gasteiger partial charge in [0.25, 0.3) is 5.91 Å². The van der Waals surface area contributed by atoms with Gasteiger partial charge in [-0.05, 0) is 76.0 Å². The maximum Gasteiger partial charge on any atom is 0.271 e. The Hall–Kier alpha value is -4.35. The monoisotopic (exact) mass is 502 g/mol. The molecule has 5 aromatic carbocycles. The van der Waals surface area contributed by atoms with Gasteiger partial charge in [0.1, 0.15) is 12.4 Å². The Kier molecular flexibility index (Phi) is 7.94. The summed E-state index contributed by atoms with van der Waals surface area (Å²) in [6.07, 6.45) is 1.62. The van der Waals surface area contributed by atoms with E-state index in [0.29, 0.717) is 12.2 Å². The van der Waals surface area contributed by atoms with Crippen molar-refractivity contribution in [2.45, 2.75) is 17.3 Å². The SMILES string of the molecule is O=C(N/N=C\c1ccc(OCc2cccc3ccccc23)cc1)c1ccc(CSc2ccccc2)cc1. The van der Waals surface area contributed by atoms with E-state index in [9.17, 15) is 4.79 Å². The zero-order chi connectivity index (χ0) is 25.3. The minimum Gasteiger partial charge on any atom is -0.489 e. The van der Waals surface area contributed by atoms with Gasteiger partial charge in [-0.3, -0.25) is 4.79 Å². The molecule has 0 aromatic heterocycles. The van der Waals surface area contributed by atoms with E-state index < -0.39 is 0 Å². The van der Waals surface area contributed by atoms with Crippen LogP contribution in [0.5, 0.6) is 5.75 Å². The lowest BCUT2D eigenvalue weighted by molar-refractivity contribution is 0.0955. The molecule has 4 nitrogen and oxygen atoms in total. The smallest absolute Gasteiger partial charge is 0.271 e. The summed E-state index contributed by atoms with van der Waals surface area (Å²) in [5.74, 6) is 1.39. The predicted octanol–water partition coefficient (Wildman–Crippen LogP) is 7.48. The minimum atomic E-state index is -0.242. The van der Waals surface area contributed by atoms with Crippen molar-refractivity contribution in [1.29, 1.82) is 0 Å². The summed E-state index contributed by atoms with van der Waals surface area (Å²) in [5.41, 5.74) is 6.35. The van der Waals surface area contributed by atoms with Crippen molar-refractivity contribution in [3.8, 4) is 5.75 Å². The van der Waals surface area contributed by atoms with Gasteiger partial charge in [-0.15, -0.1) is 11.8 Å². The van der Waals surface area contributed by atoms with Crippen molar-refractivity contribution in [1.82, 2.24) is 5.43 Å². The summed E-state index contributed by atoms with van der Waals surface area (Å²) in [6, 6.07) is 40.0. The lowest BCUT2D eigenvalue weighted by atomic mass is 10.1. The largest absolute Gasteiger partial charge is 0.489 e. The van der Waals surface area contributed by atoms with Crippen LogP contribution < -0.4 is 10.2 Å². The van der Waals surface area contributed by atoms with E-state index in [0.717, 1.165) is 28.2 Å². The molecule has 37 heavy (non-hydrogen) atoms. The first kappa shape index (κ1) is 24.3. The van der Waals surface area contributed by atoms with E-state index in [1.165, 1.54) is 15.7 Å². The van der Waals surface area contributed by atoms with Gasteiger partial charge >= 0.3 is 0 Å². The zero-order valence-electron chi connectivity index (χ0n) is 20.2. The molecule has 0 unspecified atom stereocenters. The van der Waals surface area contributed by atoms with Crippen molar-refractivity contribution in [2.24, 2.45) is 5.10 Å². The van der Waals surface area contributed by atoms with Gasteiger partial charge in [0.05, 0.1) is 6.21 Å². The molecule has 0 saturated carbocycles. The molecule has 1 N–H and O–H groups in total. The summed E-state index contributed by atoms with van der Waals surface area (Å²) >= 11 is 1.77. The van der Waals surface area contributed by atoms with Gasteiger partial charge in [-0.2, -0.15) is 5.10 Å². The fourth-order valence-corrected chi connectivity index (χ4v) is 4.77. The standard InChI is InChI=1S/C32H26N2O2S/c35-32(27-17-13-25(14-18-27)23-37-30-10-2-1-3-11-30)34-33-21-24-15-19-29(20-16-24)36-22-28-9-6-8-26-7-4-5-12-31(26)28/h1-21H,22-23H2,(H,34,35)/b33-21-. The number of amides is 1. The van der Waals surface area contributed by atoms with Gasteiger partial charge in [-0.25, -0.2) is 5.43 Å². The number of carbonyl (C=O) groups excluding carboxylic acids is 1. The molecule has 0 aliphatic heterocycles. The molecular formula is C32H26N2O2S. The van der Waals surface area contributed by atoms with Crippen LogP contribution in [-0.2, 0) is 12.4 Å². The Bertz CT molecular complexity index is 1490. The third kappa shape index (κ3) is 6.66. The number of hydrogen-bond acceptors (Lipinski definition) is 4. The van der Waals surface area contributed by atoms with Crippen molar-refractivity contribution >= 4 is 34.7 Å². The van der Waals surface area contributed by atoms with Crippen LogP contribution in [-0.4, -0.2) is 12.1 Å². The van der Waals surface area contributed by atoms with Crippen LogP contribution in [0.4, 0.5) is 0 Å². The molecule has 0 fully saturated rings. The lowest BCUT2D eigenvalue weighted by Crippen LogP contribution is -2.17. The fraction of sp³-hybridized carbons (Fsp3) is 0.0625. The summed E-state index contributed by atoms with van der Waals surface area (Å²) in [7, 11) is 0. The highest BCUT2D eigenvalue weighted by atomic mass is 32.2. The highest BCUT2D eigenvalue weighted by Crippen LogP contribution is 2.23. The van der Waals surface area contributed by atoms with Crippen molar-refractivity contribution in [3.63, 3.8) is 0 Å². The zero-order valence-corrected chi connectivity index (χ0v) is 21.0. The molecule has 1 amide bonds. The molecule has 0 aliphatic carbocycles. The quantitative estimate of drug-likeness (QED) is 0.129. The Morgan fingerprint density at radius 1 is 0.784 bits per heavy atom. The average molecular weight is 503 g/mol. The molecule has 0 saturated heterocycles. The first-order chi connectivity index (χ1) is 18.2. The number of hydrogen-bond donors (Lipinski definition) is 1. The van der Waals surface area contributed by atoms with Gasteiger partial charge in [-0.1, -0.05) is 72.8 Å². The molecule has 0 atom stereocenters. The number of ether oxygens (including phenoxy) is 1. The first-order valence-electron chi connectivity index (χ1n) is 12.0. The topological polar surface area (TPSA) is 50.7 Å². The number of nitrogens with zero attached hydrogens (tertiary/aromatic N) is 1. The van der Waals surface area contributed by atoms with Gasteiger partial charge in [0.2, 0.25) is 0 Å². The average Bonchev–Trinajstić information content (AvgIpc) is 2.96. The molecule has 5 heteroatoms. The summed E-state index contributed by atoms with van der Waals surface area (Å²) in [5, 5.41) is 6.51. The Labute approximate surface area is 221 Å². The van der Waals surface area contributed by atoms with E-state index in [1.807, 2.05) is 84.9 Å². The van der Waals surface area contributed by atoms with E-state index in [4.69, 9.17) is 4.74 Å². The van der Waals surface area contributed by atoms with Crippen LogP contribution in [0.2, 0.25) is 0 Å². The predicted molar refractivity (Wildman–Crippen MR) is 152 cm³/mol. The van der Waals surface area contributed by atoms with E-state index in [1.54, 1.807) is 18.0 Å². The highest BCUT2D eigenvalue weighted by Gasteiger charge is 2.05. The van der Waals surface area contributed by atoms with Crippen molar-refractivity contribution in [2.75, 3.05) is 0 Å². The second kappa shape index (κ2) is 12.1. The summed E-state index contributed by atoms with van der Waals surface area (Å²) < 4.78 is 5.99. The van der Waals surface area contributed by atoms with E-state index in [-0.39, 0.29) is 5.91 Å². The Morgan fingerprint density at radius 3 is 2.32 bits per heavy atom. The maximum absolute atomic E-state index is 12.4. The Balaban J connectivity index is 1.10. The maximum atomic E-state index is 12.4. The van der Waals surface area contributed by atoms with Crippen LogP contribution in [0, 0.1) is 0 Å². The fourth-order valence-electron chi connectivity index (χ4n) is 3.90. The van der Waals surface area contributed by atoms with Crippen LogP contribution in [0.15, 0.2) is 131 Å². The summed E-state index contributed by atoms with van der Waals surface area (Å²) in [4.78, 5) is 13.7. The second-order valence-electron chi connectivity index (χ2n) is 8.49. The molecule has 0 spiro atoms. The number of carbonyl (C=O) groups is 1. The van der Waals surface area contributed by atoms with Crippen LogP contribution >= 0.6 is 11.8 Å². The van der Waals surface area contributed by atoms with E-state index >= 15 is 0 Å². The molecule has 182 valence electrons. The molecular weight excluding hydrogens is 476 g/mol. The number of thioether (sulfide) groups is 1. The molecule has 5 rings (SSSR count). The summed E-state index contributed by atoms with van der Waals surface area (Å²) in [6.45, 7) is 0.495. The third-order valence-corrected chi connectivity index (χ3v) is 6.98. The molecule has 0 radical (unpaired) electrons. The van der Waals surface area contributed by atoms with Crippen LogP contribution in [0.3, 0.4) is 0 Å². The minimum absolute atomic E-state index is 0.242. The number of hydrazone groups is 1. The molecule has 0 heterocycles. The second-order valence-corrected chi connectivity index (χ2v) is 9.54. The van der Waals surface area contributed by atoms with Gasteiger partial charge in [0.15, 0.2) is 0 Å². The lowest BCUT2D eigenvalue weighted by Gasteiger charge is -2.09. The van der Waals surface area contributed by atoms with Crippen LogP contribution in [0.1, 0.15) is 27.0 Å². The number of fused-ring (bicyclic) bond motifs is 1. The van der Waals surface area contributed by atoms with Gasteiger partial charge in [0, 0.05) is 16.2 Å². The highest BCUT2D eigenvalue weighted by molar-refractivity contribution is 7.98.